The lowest BCUT2D eigenvalue weighted by atomic mass is 10.4. The zero-order valence-corrected chi connectivity index (χ0v) is 8.38. The van der Waals surface area contributed by atoms with Gasteiger partial charge in [0, 0.05) is 6.04 Å². The Morgan fingerprint density at radius 2 is 2.29 bits per heavy atom. The number of nitrogens with one attached hydrogen (secondary N) is 1. The highest BCUT2D eigenvalue weighted by Crippen LogP contribution is 2.46. The van der Waals surface area contributed by atoms with Gasteiger partial charge in [-0.25, -0.2) is 4.98 Å². The largest absolute Gasteiger partial charge is 0.393 e. The van der Waals surface area contributed by atoms with E-state index in [-0.39, 0.29) is 6.42 Å². The van der Waals surface area contributed by atoms with Gasteiger partial charge in [-0.05, 0) is 6.42 Å². The maximum absolute atomic E-state index is 12.1. The lowest BCUT2D eigenvalue weighted by Crippen LogP contribution is -2.17. The first kappa shape index (κ1) is 10.0. The number of rotatable bonds is 2. The van der Waals surface area contributed by atoms with Gasteiger partial charge in [0.25, 0.3) is 0 Å². The van der Waals surface area contributed by atoms with Crippen molar-refractivity contribution >= 4 is 28.1 Å². The Bertz CT molecular complexity index is 338. The first-order chi connectivity index (χ1) is 6.47. The average Bonchev–Trinajstić information content (AvgIpc) is 2.69. The van der Waals surface area contributed by atoms with Gasteiger partial charge < -0.3 is 5.32 Å². The summed E-state index contributed by atoms with van der Waals surface area (Å²) in [4.78, 5) is 3.82. The Morgan fingerprint density at radius 3 is 2.71 bits per heavy atom. The van der Waals surface area contributed by atoms with Crippen LogP contribution in [0.1, 0.15) is 6.42 Å². The fraction of sp³-hybridized carbons (Fsp3) is 0.571. The minimum absolute atomic E-state index is 0.126. The van der Waals surface area contributed by atoms with Crippen molar-refractivity contribution < 1.29 is 13.2 Å². The summed E-state index contributed by atoms with van der Waals surface area (Å²) in [6.07, 6.45) is -2.56. The third kappa shape index (κ3) is 2.12. The smallest absolute Gasteiger partial charge is 0.358 e. The van der Waals surface area contributed by atoms with Gasteiger partial charge >= 0.3 is 6.18 Å². The maximum atomic E-state index is 12.1. The van der Waals surface area contributed by atoms with Crippen molar-refractivity contribution in [2.45, 2.75) is 18.6 Å². The molecule has 2 atom stereocenters. The summed E-state index contributed by atoms with van der Waals surface area (Å²) in [6, 6.07) is -0.530. The van der Waals surface area contributed by atoms with E-state index in [0.717, 1.165) is 11.3 Å². The number of nitrogens with zero attached hydrogens (tertiary/aromatic N) is 1. The van der Waals surface area contributed by atoms with Crippen molar-refractivity contribution in [1.29, 1.82) is 0 Å². The van der Waals surface area contributed by atoms with E-state index in [1.807, 2.05) is 0 Å². The molecule has 0 aromatic carbocycles. The quantitative estimate of drug-likeness (QED) is 0.862. The van der Waals surface area contributed by atoms with Crippen molar-refractivity contribution in [1.82, 2.24) is 4.98 Å². The molecule has 14 heavy (non-hydrogen) atoms. The normalized spacial score (nSPS) is 26.3. The highest BCUT2D eigenvalue weighted by molar-refractivity contribution is 7.19. The second-order valence-electron chi connectivity index (χ2n) is 3.10. The Balaban J connectivity index is 1.90. The number of alkyl halides is 3. The first-order valence-corrected chi connectivity index (χ1v) is 5.11. The van der Waals surface area contributed by atoms with Crippen LogP contribution in [0.5, 0.6) is 0 Å². The SMILES string of the molecule is FC(F)(F)[C@@H]1C[C@H]1Nc1ncc(Cl)s1. The van der Waals surface area contributed by atoms with E-state index in [9.17, 15) is 13.2 Å². The van der Waals surface area contributed by atoms with Crippen LogP contribution in [-0.4, -0.2) is 17.2 Å². The molecule has 0 radical (unpaired) electrons. The minimum Gasteiger partial charge on any atom is -0.358 e. The molecule has 2 nitrogen and oxygen atoms in total. The van der Waals surface area contributed by atoms with Crippen LogP contribution in [0.3, 0.4) is 0 Å². The van der Waals surface area contributed by atoms with Crippen LogP contribution < -0.4 is 5.32 Å². The molecule has 1 heterocycles. The van der Waals surface area contributed by atoms with Crippen molar-refractivity contribution in [2.75, 3.05) is 5.32 Å². The molecular formula is C7H6ClF3N2S. The van der Waals surface area contributed by atoms with Crippen molar-refractivity contribution in [2.24, 2.45) is 5.92 Å². The number of halogens is 4. The van der Waals surface area contributed by atoms with Crippen LogP contribution in [0.2, 0.25) is 4.34 Å². The van der Waals surface area contributed by atoms with Crippen LogP contribution in [0, 0.1) is 5.92 Å². The Kier molecular flexibility index (Phi) is 2.35. The zero-order valence-electron chi connectivity index (χ0n) is 6.81. The van der Waals surface area contributed by atoms with Gasteiger partial charge in [-0.3, -0.25) is 0 Å². The van der Waals surface area contributed by atoms with Crippen LogP contribution in [0.15, 0.2) is 6.20 Å². The second kappa shape index (κ2) is 3.27. The molecule has 0 saturated heterocycles. The Hall–Kier alpha value is -0.490. The molecule has 0 unspecified atom stereocenters. The summed E-state index contributed by atoms with van der Waals surface area (Å²) in [7, 11) is 0. The molecule has 1 aromatic rings. The number of hydrogen-bond donors (Lipinski definition) is 1. The van der Waals surface area contributed by atoms with E-state index in [1.165, 1.54) is 6.20 Å². The van der Waals surface area contributed by atoms with Gasteiger partial charge in [-0.15, -0.1) is 0 Å². The Labute approximate surface area is 87.1 Å². The summed E-state index contributed by atoms with van der Waals surface area (Å²) < 4.78 is 36.8. The van der Waals surface area contributed by atoms with Crippen molar-refractivity contribution in [3.05, 3.63) is 10.5 Å². The molecule has 0 bridgehead atoms. The summed E-state index contributed by atoms with van der Waals surface area (Å²) in [6.45, 7) is 0. The number of hydrogen-bond acceptors (Lipinski definition) is 3. The van der Waals surface area contributed by atoms with E-state index in [1.54, 1.807) is 0 Å². The number of thiazole rings is 1. The third-order valence-electron chi connectivity index (χ3n) is 2.00. The summed E-state index contributed by atoms with van der Waals surface area (Å²) in [5, 5.41) is 3.15. The van der Waals surface area contributed by atoms with Crippen LogP contribution in [0.25, 0.3) is 0 Å². The van der Waals surface area contributed by atoms with Gasteiger partial charge in [-0.2, -0.15) is 13.2 Å². The number of anilines is 1. The molecule has 1 aliphatic carbocycles. The van der Waals surface area contributed by atoms with E-state index in [2.05, 4.69) is 10.3 Å². The molecule has 1 saturated carbocycles. The van der Waals surface area contributed by atoms with Gasteiger partial charge in [-0.1, -0.05) is 22.9 Å². The van der Waals surface area contributed by atoms with Crippen LogP contribution in [0.4, 0.5) is 18.3 Å². The minimum atomic E-state index is -4.10. The van der Waals surface area contributed by atoms with Crippen molar-refractivity contribution in [3.63, 3.8) is 0 Å². The van der Waals surface area contributed by atoms with Crippen molar-refractivity contribution in [3.8, 4) is 0 Å². The summed E-state index contributed by atoms with van der Waals surface area (Å²) >= 11 is 6.73. The molecule has 2 rings (SSSR count). The highest BCUT2D eigenvalue weighted by atomic mass is 35.5. The predicted octanol–water partition coefficient (Wildman–Crippen LogP) is 3.16. The van der Waals surface area contributed by atoms with Gasteiger partial charge in [0.15, 0.2) is 5.13 Å². The van der Waals surface area contributed by atoms with Crippen LogP contribution in [-0.2, 0) is 0 Å². The monoisotopic (exact) mass is 242 g/mol. The van der Waals surface area contributed by atoms with E-state index in [0.29, 0.717) is 9.47 Å². The van der Waals surface area contributed by atoms with Crippen LogP contribution >= 0.6 is 22.9 Å². The molecule has 0 aliphatic heterocycles. The van der Waals surface area contributed by atoms with Gasteiger partial charge in [0.1, 0.15) is 4.34 Å². The number of aromatic nitrogens is 1. The van der Waals surface area contributed by atoms with E-state index in [4.69, 9.17) is 11.6 Å². The first-order valence-electron chi connectivity index (χ1n) is 3.91. The van der Waals surface area contributed by atoms with Gasteiger partial charge in [0.2, 0.25) is 0 Å². The van der Waals surface area contributed by atoms with Gasteiger partial charge in [0.05, 0.1) is 12.1 Å². The molecular weight excluding hydrogens is 237 g/mol. The fourth-order valence-electron chi connectivity index (χ4n) is 1.20. The molecule has 1 aromatic heterocycles. The summed E-state index contributed by atoms with van der Waals surface area (Å²) in [5.41, 5.74) is 0. The Morgan fingerprint density at radius 1 is 1.57 bits per heavy atom. The summed E-state index contributed by atoms with van der Waals surface area (Å²) in [5.74, 6) is -1.23. The average molecular weight is 243 g/mol. The predicted molar refractivity (Wildman–Crippen MR) is 48.7 cm³/mol. The lowest BCUT2D eigenvalue weighted by Gasteiger charge is -2.05. The molecule has 1 N–H and O–H groups in total. The molecule has 0 spiro atoms. The zero-order chi connectivity index (χ0) is 10.3. The molecule has 7 heteroatoms. The highest BCUT2D eigenvalue weighted by Gasteiger charge is 2.56. The van der Waals surface area contributed by atoms with E-state index >= 15 is 0 Å². The molecule has 78 valence electrons. The fourth-order valence-corrected chi connectivity index (χ4v) is 2.07. The second-order valence-corrected chi connectivity index (χ2v) is 4.77. The maximum Gasteiger partial charge on any atom is 0.393 e. The topological polar surface area (TPSA) is 24.9 Å². The standard InChI is InChI=1S/C7H6ClF3N2S/c8-5-2-12-6(14-5)13-4-1-3(4)7(9,10)11/h2-4H,1H2,(H,12,13)/t3-,4-/m1/s1. The molecule has 1 aliphatic rings. The molecule has 1 fully saturated rings. The lowest BCUT2D eigenvalue weighted by molar-refractivity contribution is -0.147. The molecule has 0 amide bonds. The third-order valence-corrected chi connectivity index (χ3v) is 3.04. The van der Waals surface area contributed by atoms with E-state index < -0.39 is 18.1 Å².